The van der Waals surface area contributed by atoms with Crippen molar-refractivity contribution in [2.75, 3.05) is 7.11 Å². The average molecular weight is 408 g/mol. The van der Waals surface area contributed by atoms with E-state index in [1.165, 1.54) is 35.1 Å². The van der Waals surface area contributed by atoms with E-state index in [9.17, 15) is 14.0 Å². The summed E-state index contributed by atoms with van der Waals surface area (Å²) in [7, 11) is 1.31. The molecule has 0 spiro atoms. The molecule has 0 N–H and O–H groups in total. The van der Waals surface area contributed by atoms with Crippen LogP contribution < -0.4 is 14.9 Å². The Morgan fingerprint density at radius 3 is 2.66 bits per heavy atom. The summed E-state index contributed by atoms with van der Waals surface area (Å²) in [6.07, 6.45) is 1.63. The van der Waals surface area contributed by atoms with E-state index in [4.69, 9.17) is 4.74 Å². The van der Waals surface area contributed by atoms with Gasteiger partial charge in [-0.1, -0.05) is 53.8 Å². The number of rotatable bonds is 3. The zero-order chi connectivity index (χ0) is 20.5. The van der Waals surface area contributed by atoms with Crippen LogP contribution in [0.3, 0.4) is 0 Å². The Bertz CT molecular complexity index is 1310. The molecule has 0 fully saturated rings. The molecule has 4 rings (SSSR count). The van der Waals surface area contributed by atoms with Gasteiger partial charge in [0.1, 0.15) is 5.82 Å². The molecule has 0 unspecified atom stereocenters. The number of nitrogens with zero attached hydrogens (tertiary/aromatic N) is 2. The zero-order valence-electron chi connectivity index (χ0n) is 15.8. The van der Waals surface area contributed by atoms with Gasteiger partial charge >= 0.3 is 5.97 Å². The first-order valence-corrected chi connectivity index (χ1v) is 9.72. The van der Waals surface area contributed by atoms with Gasteiger partial charge < -0.3 is 4.74 Å². The number of benzene rings is 2. The SMILES string of the molecule is COC(=O)C1=C(C)N=c2sc(=Cc3cccc(F)c3)c(=O)n2[C@H]1c1ccccc1. The second kappa shape index (κ2) is 7.60. The van der Waals surface area contributed by atoms with Gasteiger partial charge in [-0.15, -0.1) is 0 Å². The number of esters is 1. The first-order chi connectivity index (χ1) is 14.0. The quantitative estimate of drug-likeness (QED) is 0.626. The van der Waals surface area contributed by atoms with Gasteiger partial charge in [0.2, 0.25) is 0 Å². The van der Waals surface area contributed by atoms with Crippen LogP contribution >= 0.6 is 11.3 Å². The van der Waals surface area contributed by atoms with Crippen molar-refractivity contribution in [1.82, 2.24) is 4.57 Å². The van der Waals surface area contributed by atoms with Crippen molar-refractivity contribution in [2.45, 2.75) is 13.0 Å². The maximum Gasteiger partial charge on any atom is 0.338 e. The van der Waals surface area contributed by atoms with Crippen LogP contribution in [0.5, 0.6) is 0 Å². The summed E-state index contributed by atoms with van der Waals surface area (Å²) in [4.78, 5) is 30.7. The van der Waals surface area contributed by atoms with Gasteiger partial charge in [0.25, 0.3) is 5.56 Å². The largest absolute Gasteiger partial charge is 0.466 e. The lowest BCUT2D eigenvalue weighted by atomic mass is 9.96. The van der Waals surface area contributed by atoms with E-state index in [0.717, 1.165) is 5.56 Å². The first-order valence-electron chi connectivity index (χ1n) is 8.91. The Balaban J connectivity index is 1.98. The number of carbonyl (C=O) groups is 1. The van der Waals surface area contributed by atoms with Crippen LogP contribution in [-0.4, -0.2) is 17.6 Å². The molecule has 0 saturated carbocycles. The maximum absolute atomic E-state index is 13.5. The number of aromatic nitrogens is 1. The molecule has 5 nitrogen and oxygen atoms in total. The third-order valence-electron chi connectivity index (χ3n) is 4.69. The van der Waals surface area contributed by atoms with Crippen molar-refractivity contribution in [1.29, 1.82) is 0 Å². The normalized spacial score (nSPS) is 16.4. The first kappa shape index (κ1) is 19.0. The summed E-state index contributed by atoms with van der Waals surface area (Å²) in [5.74, 6) is -0.906. The highest BCUT2D eigenvalue weighted by molar-refractivity contribution is 7.07. The fraction of sp³-hybridized carbons (Fsp3) is 0.136. The van der Waals surface area contributed by atoms with Crippen LogP contribution in [0.15, 0.2) is 75.7 Å². The van der Waals surface area contributed by atoms with Crippen LogP contribution in [0.2, 0.25) is 0 Å². The van der Waals surface area contributed by atoms with E-state index < -0.39 is 12.0 Å². The van der Waals surface area contributed by atoms with Gasteiger partial charge in [-0.3, -0.25) is 9.36 Å². The number of methoxy groups -OCH3 is 1. The molecule has 1 aliphatic rings. The lowest BCUT2D eigenvalue weighted by molar-refractivity contribution is -0.136. The summed E-state index contributed by atoms with van der Waals surface area (Å²) >= 11 is 1.21. The fourth-order valence-corrected chi connectivity index (χ4v) is 4.44. The van der Waals surface area contributed by atoms with Gasteiger partial charge in [-0.05, 0) is 36.3 Å². The Hall–Kier alpha value is -3.32. The van der Waals surface area contributed by atoms with Crippen molar-refractivity contribution in [3.8, 4) is 0 Å². The number of carbonyl (C=O) groups excluding carboxylic acids is 1. The highest BCUT2D eigenvalue weighted by Crippen LogP contribution is 2.30. The highest BCUT2D eigenvalue weighted by Gasteiger charge is 2.32. The Morgan fingerprint density at radius 1 is 1.21 bits per heavy atom. The molecule has 29 heavy (non-hydrogen) atoms. The van der Waals surface area contributed by atoms with E-state index in [1.54, 1.807) is 25.1 Å². The molecule has 0 radical (unpaired) electrons. The molecular weight excluding hydrogens is 391 g/mol. The van der Waals surface area contributed by atoms with Crippen molar-refractivity contribution in [3.63, 3.8) is 0 Å². The van der Waals surface area contributed by atoms with Crippen LogP contribution in [-0.2, 0) is 9.53 Å². The predicted molar refractivity (Wildman–Crippen MR) is 109 cm³/mol. The highest BCUT2D eigenvalue weighted by atomic mass is 32.1. The summed E-state index contributed by atoms with van der Waals surface area (Å²) in [6, 6.07) is 14.7. The van der Waals surface area contributed by atoms with E-state index >= 15 is 0 Å². The summed E-state index contributed by atoms with van der Waals surface area (Å²) in [6.45, 7) is 1.73. The zero-order valence-corrected chi connectivity index (χ0v) is 16.6. The van der Waals surface area contributed by atoms with Gasteiger partial charge in [0.05, 0.1) is 29.0 Å². The standard InChI is InChI=1S/C22H17FN2O3S/c1-13-18(21(27)28-2)19(15-8-4-3-5-9-15)25-20(26)17(29-22(25)24-13)12-14-7-6-10-16(23)11-14/h3-12,19H,1-2H3/t19-/m0/s1. The van der Waals surface area contributed by atoms with Crippen molar-refractivity contribution < 1.29 is 13.9 Å². The third kappa shape index (κ3) is 3.45. The van der Waals surface area contributed by atoms with E-state index in [1.807, 2.05) is 30.3 Å². The predicted octanol–water partition coefficient (Wildman–Crippen LogP) is 2.55. The number of thiazole rings is 1. The molecule has 0 amide bonds. The van der Waals surface area contributed by atoms with Gasteiger partial charge in [0, 0.05) is 0 Å². The topological polar surface area (TPSA) is 60.7 Å². The minimum absolute atomic E-state index is 0.291. The summed E-state index contributed by atoms with van der Waals surface area (Å²) < 4.78 is 20.4. The average Bonchev–Trinajstić information content (AvgIpc) is 3.02. The lowest BCUT2D eigenvalue weighted by Crippen LogP contribution is -2.39. The maximum atomic E-state index is 13.5. The molecule has 7 heteroatoms. The molecule has 0 saturated heterocycles. The Morgan fingerprint density at radius 2 is 1.97 bits per heavy atom. The van der Waals surface area contributed by atoms with Gasteiger partial charge in [-0.25, -0.2) is 14.2 Å². The molecule has 1 aromatic heterocycles. The Labute approximate surface area is 169 Å². The van der Waals surface area contributed by atoms with Crippen molar-refractivity contribution in [2.24, 2.45) is 4.99 Å². The smallest absolute Gasteiger partial charge is 0.338 e. The monoisotopic (exact) mass is 408 g/mol. The van der Waals surface area contributed by atoms with Crippen LogP contribution in [0, 0.1) is 5.82 Å². The number of hydrogen-bond donors (Lipinski definition) is 0. The molecule has 0 aliphatic carbocycles. The molecule has 1 aliphatic heterocycles. The van der Waals surface area contributed by atoms with Crippen molar-refractivity contribution in [3.05, 3.63) is 102 Å². The van der Waals surface area contributed by atoms with Gasteiger partial charge in [-0.2, -0.15) is 0 Å². The molecule has 3 aromatic rings. The van der Waals surface area contributed by atoms with Gasteiger partial charge in [0.15, 0.2) is 4.80 Å². The van der Waals surface area contributed by atoms with E-state index in [2.05, 4.69) is 4.99 Å². The van der Waals surface area contributed by atoms with E-state index in [0.29, 0.717) is 26.2 Å². The number of allylic oxidation sites excluding steroid dienone is 1. The molecule has 1 atom stereocenters. The molecule has 146 valence electrons. The van der Waals surface area contributed by atoms with Crippen molar-refractivity contribution >= 4 is 23.4 Å². The van der Waals surface area contributed by atoms with Crippen LogP contribution in [0.1, 0.15) is 24.1 Å². The Kier molecular flexibility index (Phi) is 4.98. The number of ether oxygens (including phenoxy) is 1. The number of fused-ring (bicyclic) bond motifs is 1. The minimum atomic E-state index is -0.644. The number of halogens is 1. The number of hydrogen-bond acceptors (Lipinski definition) is 5. The molecule has 2 aromatic carbocycles. The lowest BCUT2D eigenvalue weighted by Gasteiger charge is -2.24. The fourth-order valence-electron chi connectivity index (χ4n) is 3.39. The minimum Gasteiger partial charge on any atom is -0.466 e. The second-order valence-corrected chi connectivity index (χ2v) is 7.55. The molecule has 2 heterocycles. The summed E-state index contributed by atoms with van der Waals surface area (Å²) in [5.41, 5.74) is 1.89. The third-order valence-corrected chi connectivity index (χ3v) is 5.67. The molecular formula is C22H17FN2O3S. The molecule has 0 bridgehead atoms. The summed E-state index contributed by atoms with van der Waals surface area (Å²) in [5, 5.41) is 0. The van der Waals surface area contributed by atoms with E-state index in [-0.39, 0.29) is 11.4 Å². The second-order valence-electron chi connectivity index (χ2n) is 6.54. The van der Waals surface area contributed by atoms with Crippen LogP contribution in [0.4, 0.5) is 4.39 Å². The van der Waals surface area contributed by atoms with Crippen LogP contribution in [0.25, 0.3) is 6.08 Å².